The molecule has 0 bridgehead atoms. The molecular weight excluding hydrogens is 370 g/mol. The number of aromatic amines is 1. The number of aromatic nitrogens is 3. The van der Waals surface area contributed by atoms with Crippen LogP contribution in [-0.2, 0) is 6.42 Å². The Kier molecular flexibility index (Phi) is 3.83. The van der Waals surface area contributed by atoms with E-state index in [-0.39, 0.29) is 11.2 Å². The first-order chi connectivity index (χ1) is 14.2. The number of urea groups is 1. The Balaban J connectivity index is 1.53. The molecule has 0 atom stereocenters. The van der Waals surface area contributed by atoms with E-state index in [1.165, 1.54) is 13.3 Å². The Hall–Kier alpha value is -4.07. The smallest absolute Gasteiger partial charge is 0.324 e. The Labute approximate surface area is 165 Å². The number of methoxy groups -OCH3 is 1. The number of para-hydroxylation sites is 2. The predicted octanol–water partition coefficient (Wildman–Crippen LogP) is 3.25. The van der Waals surface area contributed by atoms with Crippen LogP contribution in [0, 0.1) is 0 Å². The van der Waals surface area contributed by atoms with Crippen molar-refractivity contribution < 1.29 is 9.53 Å². The van der Waals surface area contributed by atoms with Gasteiger partial charge in [-0.2, -0.15) is 0 Å². The molecule has 0 saturated heterocycles. The average molecular weight is 387 g/mol. The molecule has 2 aromatic heterocycles. The van der Waals surface area contributed by atoms with E-state index in [1.807, 2.05) is 30.3 Å². The molecule has 0 unspecified atom stereocenters. The van der Waals surface area contributed by atoms with Gasteiger partial charge in [-0.3, -0.25) is 14.5 Å². The van der Waals surface area contributed by atoms with E-state index in [0.29, 0.717) is 23.7 Å². The molecule has 2 amide bonds. The summed E-state index contributed by atoms with van der Waals surface area (Å²) in [6, 6.07) is 14.6. The van der Waals surface area contributed by atoms with Crippen LogP contribution in [0.2, 0.25) is 0 Å². The number of anilines is 2. The van der Waals surface area contributed by atoms with Crippen LogP contribution in [0.1, 0.15) is 11.3 Å². The van der Waals surface area contributed by atoms with Gasteiger partial charge >= 0.3 is 6.03 Å². The normalized spacial score (nSPS) is 11.8. The highest BCUT2D eigenvalue weighted by Gasteiger charge is 2.25. The lowest BCUT2D eigenvalue weighted by molar-refractivity contribution is 0.262. The van der Waals surface area contributed by atoms with Gasteiger partial charge in [0.25, 0.3) is 5.56 Å². The van der Waals surface area contributed by atoms with E-state index < -0.39 is 6.03 Å². The molecule has 8 nitrogen and oxygen atoms in total. The molecule has 5 rings (SSSR count). The molecule has 0 saturated carbocycles. The molecule has 0 radical (unpaired) electrons. The summed E-state index contributed by atoms with van der Waals surface area (Å²) in [6.45, 7) is 0. The molecule has 0 aliphatic heterocycles. The molecule has 144 valence electrons. The monoisotopic (exact) mass is 387 g/mol. The molecule has 29 heavy (non-hydrogen) atoms. The fourth-order valence-electron chi connectivity index (χ4n) is 3.73. The fourth-order valence-corrected chi connectivity index (χ4v) is 3.73. The molecule has 1 aliphatic carbocycles. The lowest BCUT2D eigenvalue weighted by Gasteiger charge is -2.12. The Morgan fingerprint density at radius 1 is 1.14 bits per heavy atom. The second-order valence-corrected chi connectivity index (χ2v) is 6.69. The highest BCUT2D eigenvalue weighted by molar-refractivity contribution is 6.00. The SMILES string of the molecule is COc1ccccc1NC(=O)Nc1cnc2c(=O)[nH]c3c(n12)Cc1ccccc1-3. The van der Waals surface area contributed by atoms with Crippen molar-refractivity contribution in [3.8, 4) is 17.0 Å². The number of amides is 2. The van der Waals surface area contributed by atoms with Crippen LogP contribution in [0.5, 0.6) is 5.75 Å². The van der Waals surface area contributed by atoms with E-state index >= 15 is 0 Å². The third-order valence-corrected chi connectivity index (χ3v) is 5.00. The zero-order valence-electron chi connectivity index (χ0n) is 15.5. The number of ether oxygens (including phenoxy) is 1. The second-order valence-electron chi connectivity index (χ2n) is 6.69. The summed E-state index contributed by atoms with van der Waals surface area (Å²) in [6.07, 6.45) is 2.12. The van der Waals surface area contributed by atoms with Crippen molar-refractivity contribution in [2.24, 2.45) is 0 Å². The number of benzene rings is 2. The first-order valence-electron chi connectivity index (χ1n) is 9.07. The minimum Gasteiger partial charge on any atom is -0.495 e. The molecule has 1 aliphatic rings. The van der Waals surface area contributed by atoms with E-state index in [2.05, 4.69) is 20.6 Å². The minimum atomic E-state index is -0.458. The van der Waals surface area contributed by atoms with E-state index in [4.69, 9.17) is 4.74 Å². The van der Waals surface area contributed by atoms with E-state index in [9.17, 15) is 9.59 Å². The van der Waals surface area contributed by atoms with E-state index in [1.54, 1.807) is 22.6 Å². The lowest BCUT2D eigenvalue weighted by atomic mass is 10.1. The van der Waals surface area contributed by atoms with Crippen molar-refractivity contribution in [1.29, 1.82) is 0 Å². The molecule has 8 heteroatoms. The number of hydrogen-bond acceptors (Lipinski definition) is 4. The summed E-state index contributed by atoms with van der Waals surface area (Å²) < 4.78 is 6.96. The third-order valence-electron chi connectivity index (χ3n) is 5.00. The van der Waals surface area contributed by atoms with Crippen molar-refractivity contribution in [2.45, 2.75) is 6.42 Å². The van der Waals surface area contributed by atoms with Gasteiger partial charge in [0, 0.05) is 12.0 Å². The van der Waals surface area contributed by atoms with Gasteiger partial charge in [0.2, 0.25) is 5.65 Å². The van der Waals surface area contributed by atoms with Gasteiger partial charge in [0.05, 0.1) is 30.4 Å². The van der Waals surface area contributed by atoms with Crippen LogP contribution in [0.15, 0.2) is 59.5 Å². The Bertz CT molecular complexity index is 1320. The number of carbonyl (C=O) groups excluding carboxylic acids is 1. The number of nitrogens with zero attached hydrogens (tertiary/aromatic N) is 2. The maximum Gasteiger partial charge on any atom is 0.324 e. The summed E-state index contributed by atoms with van der Waals surface area (Å²) in [5.74, 6) is 0.969. The summed E-state index contributed by atoms with van der Waals surface area (Å²) in [5, 5.41) is 5.55. The number of nitrogens with one attached hydrogen (secondary N) is 3. The number of H-pyrrole nitrogens is 1. The maximum atomic E-state index is 12.6. The molecule has 3 N–H and O–H groups in total. The molecular formula is C21H17N5O3. The highest BCUT2D eigenvalue weighted by atomic mass is 16.5. The van der Waals surface area contributed by atoms with Crippen LogP contribution in [0.25, 0.3) is 16.9 Å². The van der Waals surface area contributed by atoms with Gasteiger partial charge in [-0.25, -0.2) is 9.78 Å². The van der Waals surface area contributed by atoms with Crippen molar-refractivity contribution in [1.82, 2.24) is 14.4 Å². The van der Waals surface area contributed by atoms with Crippen molar-refractivity contribution >= 4 is 23.2 Å². The highest BCUT2D eigenvalue weighted by Crippen LogP contribution is 2.35. The predicted molar refractivity (Wildman–Crippen MR) is 110 cm³/mol. The van der Waals surface area contributed by atoms with Crippen LogP contribution in [-0.4, -0.2) is 27.5 Å². The van der Waals surface area contributed by atoms with Crippen molar-refractivity contribution in [3.63, 3.8) is 0 Å². The van der Waals surface area contributed by atoms with Gasteiger partial charge in [0.1, 0.15) is 11.6 Å². The zero-order chi connectivity index (χ0) is 20.0. The average Bonchev–Trinajstić information content (AvgIpc) is 3.30. The molecule has 4 aromatic rings. The lowest BCUT2D eigenvalue weighted by Crippen LogP contribution is -2.22. The minimum absolute atomic E-state index is 0.240. The maximum absolute atomic E-state index is 12.6. The topological polar surface area (TPSA) is 101 Å². The third kappa shape index (κ3) is 2.73. The van der Waals surface area contributed by atoms with Crippen LogP contribution >= 0.6 is 0 Å². The Morgan fingerprint density at radius 3 is 2.79 bits per heavy atom. The molecule has 0 fully saturated rings. The van der Waals surface area contributed by atoms with Gasteiger partial charge in [0.15, 0.2) is 0 Å². The second kappa shape index (κ2) is 6.52. The number of imidazole rings is 1. The standard InChI is InChI=1S/C21H17N5O3/c1-29-16-9-5-4-8-14(16)23-21(28)24-17-11-22-19-20(27)25-18-13-7-3-2-6-12(13)10-15(18)26(17)19/h2-9,11H,10H2,1H3,(H,25,27)(H2,23,24,28). The summed E-state index contributed by atoms with van der Waals surface area (Å²) in [4.78, 5) is 32.3. The van der Waals surface area contributed by atoms with Gasteiger partial charge < -0.3 is 15.0 Å². The first-order valence-corrected chi connectivity index (χ1v) is 9.07. The zero-order valence-corrected chi connectivity index (χ0v) is 15.5. The van der Waals surface area contributed by atoms with Crippen molar-refractivity contribution in [3.05, 3.63) is 76.3 Å². The number of rotatable bonds is 3. The Morgan fingerprint density at radius 2 is 1.93 bits per heavy atom. The van der Waals surface area contributed by atoms with Gasteiger partial charge in [-0.1, -0.05) is 36.4 Å². The van der Waals surface area contributed by atoms with E-state index in [0.717, 1.165) is 22.5 Å². The number of fused-ring (bicyclic) bond motifs is 5. The van der Waals surface area contributed by atoms with Crippen molar-refractivity contribution in [2.75, 3.05) is 17.7 Å². The van der Waals surface area contributed by atoms with Crippen LogP contribution < -0.4 is 20.9 Å². The number of carbonyl (C=O) groups is 1. The summed E-state index contributed by atoms with van der Waals surface area (Å²) in [7, 11) is 1.54. The van der Waals surface area contributed by atoms with Gasteiger partial charge in [-0.05, 0) is 17.7 Å². The summed E-state index contributed by atoms with van der Waals surface area (Å²) >= 11 is 0. The molecule has 2 aromatic carbocycles. The fraction of sp³-hybridized carbons (Fsp3) is 0.0952. The first kappa shape index (κ1) is 17.1. The van der Waals surface area contributed by atoms with Crippen LogP contribution in [0.3, 0.4) is 0 Å². The largest absolute Gasteiger partial charge is 0.495 e. The summed E-state index contributed by atoms with van der Waals surface area (Å²) in [5.41, 5.74) is 4.21. The number of hydrogen-bond donors (Lipinski definition) is 3. The quantitative estimate of drug-likeness (QED) is 0.442. The van der Waals surface area contributed by atoms with Crippen LogP contribution in [0.4, 0.5) is 16.3 Å². The molecule has 0 spiro atoms. The molecule has 2 heterocycles. The van der Waals surface area contributed by atoms with Gasteiger partial charge in [-0.15, -0.1) is 0 Å².